The van der Waals surface area contributed by atoms with E-state index < -0.39 is 28.4 Å². The fraction of sp³-hybridized carbons (Fsp3) is 0.316. The Hall–Kier alpha value is -2.45. The summed E-state index contributed by atoms with van der Waals surface area (Å²) < 4.78 is 49.0. The van der Waals surface area contributed by atoms with Gasteiger partial charge in [0, 0.05) is 7.05 Å². The van der Waals surface area contributed by atoms with Crippen molar-refractivity contribution in [2.75, 3.05) is 26.8 Å². The zero-order valence-electron chi connectivity index (χ0n) is 15.4. The number of hydrogen-bond donors (Lipinski definition) is 0. The van der Waals surface area contributed by atoms with E-state index in [4.69, 9.17) is 9.47 Å². The van der Waals surface area contributed by atoms with E-state index in [0.29, 0.717) is 5.75 Å². The van der Waals surface area contributed by atoms with Crippen molar-refractivity contribution in [3.63, 3.8) is 0 Å². The van der Waals surface area contributed by atoms with Crippen LogP contribution in [0.25, 0.3) is 0 Å². The molecule has 0 spiro atoms. The number of aryl methyl sites for hydroxylation is 2. The number of carbonyl (C=O) groups excluding carboxylic acids is 1. The summed E-state index contributed by atoms with van der Waals surface area (Å²) in [6.45, 7) is 3.61. The van der Waals surface area contributed by atoms with E-state index >= 15 is 0 Å². The molecule has 0 heterocycles. The molecule has 27 heavy (non-hydrogen) atoms. The molecule has 0 aliphatic heterocycles. The van der Waals surface area contributed by atoms with Crippen molar-refractivity contribution < 1.29 is 27.1 Å². The second-order valence-electron chi connectivity index (χ2n) is 6.11. The largest absolute Gasteiger partial charge is 0.490 e. The first-order chi connectivity index (χ1) is 12.7. The molecule has 0 radical (unpaired) electrons. The number of hydrogen-bond acceptors (Lipinski definition) is 5. The van der Waals surface area contributed by atoms with Crippen LogP contribution < -0.4 is 4.74 Å². The highest BCUT2D eigenvalue weighted by molar-refractivity contribution is 7.89. The summed E-state index contributed by atoms with van der Waals surface area (Å²) in [5.41, 5.74) is 2.13. The second kappa shape index (κ2) is 8.96. The van der Waals surface area contributed by atoms with Crippen molar-refractivity contribution in [2.45, 2.75) is 18.7 Å². The maximum Gasteiger partial charge on any atom is 0.321 e. The van der Waals surface area contributed by atoms with Gasteiger partial charge in [-0.3, -0.25) is 4.79 Å². The summed E-state index contributed by atoms with van der Waals surface area (Å²) >= 11 is 0. The number of likely N-dealkylation sites (N-methyl/N-ethyl adjacent to an activating group) is 1. The van der Waals surface area contributed by atoms with Crippen LogP contribution >= 0.6 is 0 Å². The smallest absolute Gasteiger partial charge is 0.321 e. The molecule has 0 unspecified atom stereocenters. The molecular formula is C19H22FNO5S. The highest BCUT2D eigenvalue weighted by atomic mass is 32.2. The Bertz CT molecular complexity index is 877. The number of nitrogens with zero attached hydrogens (tertiary/aromatic N) is 1. The first-order valence-corrected chi connectivity index (χ1v) is 9.71. The molecule has 0 fully saturated rings. The second-order valence-corrected chi connectivity index (χ2v) is 8.15. The van der Waals surface area contributed by atoms with Crippen LogP contribution in [-0.4, -0.2) is 45.5 Å². The van der Waals surface area contributed by atoms with E-state index in [1.165, 1.54) is 7.05 Å². The Morgan fingerprint density at radius 3 is 2.22 bits per heavy atom. The third-order valence-electron chi connectivity index (χ3n) is 3.68. The third kappa shape index (κ3) is 6.04. The predicted octanol–water partition coefficient (Wildman–Crippen LogP) is 2.69. The van der Waals surface area contributed by atoms with Gasteiger partial charge < -0.3 is 9.47 Å². The molecule has 0 N–H and O–H groups in total. The first-order valence-electron chi connectivity index (χ1n) is 8.27. The summed E-state index contributed by atoms with van der Waals surface area (Å²) in [6.07, 6.45) is 0. The first kappa shape index (κ1) is 20.9. The molecule has 2 rings (SSSR count). The van der Waals surface area contributed by atoms with Gasteiger partial charge in [0.05, 0.1) is 4.90 Å². The predicted molar refractivity (Wildman–Crippen MR) is 98.6 cm³/mol. The lowest BCUT2D eigenvalue weighted by Gasteiger charge is -2.16. The summed E-state index contributed by atoms with van der Waals surface area (Å²) in [7, 11) is -2.64. The Labute approximate surface area is 158 Å². The molecule has 0 aromatic heterocycles. The molecule has 0 bridgehead atoms. The molecule has 0 saturated carbocycles. The number of rotatable bonds is 8. The number of sulfonamides is 1. The van der Waals surface area contributed by atoms with E-state index in [2.05, 4.69) is 0 Å². The van der Waals surface area contributed by atoms with E-state index in [0.717, 1.165) is 39.7 Å². The van der Waals surface area contributed by atoms with Crippen molar-refractivity contribution in [3.8, 4) is 5.75 Å². The van der Waals surface area contributed by atoms with Crippen LogP contribution in [0.2, 0.25) is 0 Å². The minimum absolute atomic E-state index is 0.00371. The van der Waals surface area contributed by atoms with Gasteiger partial charge in [-0.15, -0.1) is 0 Å². The van der Waals surface area contributed by atoms with Crippen molar-refractivity contribution in [1.82, 2.24) is 4.31 Å². The molecule has 2 aromatic carbocycles. The molecular weight excluding hydrogens is 373 g/mol. The van der Waals surface area contributed by atoms with Crippen molar-refractivity contribution in [2.24, 2.45) is 0 Å². The van der Waals surface area contributed by atoms with Crippen molar-refractivity contribution in [1.29, 1.82) is 0 Å². The van der Waals surface area contributed by atoms with Gasteiger partial charge in [0.1, 0.15) is 31.3 Å². The quantitative estimate of drug-likeness (QED) is 0.508. The lowest BCUT2D eigenvalue weighted by atomic mass is 10.1. The fourth-order valence-corrected chi connectivity index (χ4v) is 3.55. The van der Waals surface area contributed by atoms with Gasteiger partial charge in [-0.05, 0) is 61.4 Å². The lowest BCUT2D eigenvalue weighted by Crippen LogP contribution is -2.33. The standard InChI is InChI=1S/C19H22FNO5S/c1-14-10-15(2)12-17(11-14)25-8-9-26-19(22)13-21(3)27(23,24)18-6-4-16(20)5-7-18/h4-7,10-12H,8-9,13H2,1-3H3. The van der Waals surface area contributed by atoms with Gasteiger partial charge in [0.15, 0.2) is 0 Å². The highest BCUT2D eigenvalue weighted by Gasteiger charge is 2.23. The summed E-state index contributed by atoms with van der Waals surface area (Å²) in [5.74, 6) is -0.563. The number of halogens is 1. The normalized spacial score (nSPS) is 11.4. The van der Waals surface area contributed by atoms with Gasteiger partial charge in [-0.1, -0.05) is 6.07 Å². The Balaban J connectivity index is 1.81. The molecule has 0 amide bonds. The van der Waals surface area contributed by atoms with Crippen molar-refractivity contribution in [3.05, 3.63) is 59.4 Å². The minimum Gasteiger partial charge on any atom is -0.490 e. The number of carbonyl (C=O) groups is 1. The number of esters is 1. The average molecular weight is 395 g/mol. The maximum atomic E-state index is 12.9. The molecule has 0 aliphatic carbocycles. The van der Waals surface area contributed by atoms with E-state index in [-0.39, 0.29) is 18.1 Å². The molecule has 0 atom stereocenters. The van der Waals surface area contributed by atoms with E-state index in [1.54, 1.807) is 0 Å². The zero-order valence-corrected chi connectivity index (χ0v) is 16.3. The monoisotopic (exact) mass is 395 g/mol. The fourth-order valence-electron chi connectivity index (χ4n) is 2.43. The van der Waals surface area contributed by atoms with Crippen LogP contribution in [0.5, 0.6) is 5.75 Å². The summed E-state index contributed by atoms with van der Waals surface area (Å²) in [4.78, 5) is 11.8. The minimum atomic E-state index is -3.90. The molecule has 146 valence electrons. The van der Waals surface area contributed by atoms with Gasteiger partial charge in [0.2, 0.25) is 10.0 Å². The van der Waals surface area contributed by atoms with Gasteiger partial charge >= 0.3 is 5.97 Å². The van der Waals surface area contributed by atoms with Crippen LogP contribution in [-0.2, 0) is 19.6 Å². The van der Waals surface area contributed by atoms with Gasteiger partial charge in [0.25, 0.3) is 0 Å². The molecule has 0 saturated heterocycles. The Morgan fingerprint density at radius 1 is 1.04 bits per heavy atom. The van der Waals surface area contributed by atoms with Gasteiger partial charge in [-0.2, -0.15) is 4.31 Å². The molecule has 0 aliphatic rings. The van der Waals surface area contributed by atoms with Crippen LogP contribution in [0.15, 0.2) is 47.4 Å². The summed E-state index contributed by atoms with van der Waals surface area (Å²) in [6, 6.07) is 10.1. The third-order valence-corrected chi connectivity index (χ3v) is 5.50. The van der Waals surface area contributed by atoms with Crippen molar-refractivity contribution >= 4 is 16.0 Å². The highest BCUT2D eigenvalue weighted by Crippen LogP contribution is 2.16. The van der Waals surface area contributed by atoms with Crippen LogP contribution in [0.1, 0.15) is 11.1 Å². The molecule has 8 heteroatoms. The van der Waals surface area contributed by atoms with E-state index in [9.17, 15) is 17.6 Å². The number of ether oxygens (including phenoxy) is 2. The molecule has 2 aromatic rings. The van der Waals surface area contributed by atoms with Crippen LogP contribution in [0.3, 0.4) is 0 Å². The number of benzene rings is 2. The van der Waals surface area contributed by atoms with Crippen LogP contribution in [0, 0.1) is 19.7 Å². The van der Waals surface area contributed by atoms with E-state index in [1.807, 2.05) is 32.0 Å². The average Bonchev–Trinajstić information content (AvgIpc) is 2.58. The summed E-state index contributed by atoms with van der Waals surface area (Å²) in [5, 5.41) is 0. The Morgan fingerprint density at radius 2 is 1.63 bits per heavy atom. The molecule has 6 nitrogen and oxygen atoms in total. The SMILES string of the molecule is Cc1cc(C)cc(OCCOC(=O)CN(C)S(=O)(=O)c2ccc(F)cc2)c1. The topological polar surface area (TPSA) is 72.9 Å². The maximum absolute atomic E-state index is 12.9. The van der Waals surface area contributed by atoms with Gasteiger partial charge in [-0.25, -0.2) is 12.8 Å². The zero-order chi connectivity index (χ0) is 20.0. The van der Waals surface area contributed by atoms with Crippen LogP contribution in [0.4, 0.5) is 4.39 Å². The lowest BCUT2D eigenvalue weighted by molar-refractivity contribution is -0.144. The Kier molecular flexibility index (Phi) is 6.92.